The van der Waals surface area contributed by atoms with Gasteiger partial charge in [0.15, 0.2) is 0 Å². The summed E-state index contributed by atoms with van der Waals surface area (Å²) in [6.07, 6.45) is 0. The molecule has 0 aliphatic heterocycles. The summed E-state index contributed by atoms with van der Waals surface area (Å²) in [7, 11) is 0. The van der Waals surface area contributed by atoms with Gasteiger partial charge in [-0.15, -0.1) is 10.2 Å². The molecule has 3 aromatic rings. The number of aromatic nitrogens is 4. The normalized spacial score (nSPS) is 10.3. The number of tetrazole rings is 1. The number of benzene rings is 2. The van der Waals surface area contributed by atoms with E-state index in [0.717, 1.165) is 5.56 Å². The first-order chi connectivity index (χ1) is 10.3. The highest BCUT2D eigenvalue weighted by molar-refractivity contribution is 6.30. The average molecular weight is 296 g/mol. The number of hydrogen-bond donors (Lipinski definition) is 0. The van der Waals surface area contributed by atoms with Crippen molar-refractivity contribution in [2.45, 2.75) is 6.54 Å². The van der Waals surface area contributed by atoms with Crippen molar-refractivity contribution >= 4 is 11.6 Å². The Kier molecular flexibility index (Phi) is 3.63. The number of hydrogen-bond acceptors (Lipinski definition) is 4. The zero-order chi connectivity index (χ0) is 14.7. The highest BCUT2D eigenvalue weighted by atomic mass is 35.5. The van der Waals surface area contributed by atoms with E-state index < -0.39 is 0 Å². The van der Waals surface area contributed by atoms with E-state index in [1.165, 1.54) is 4.80 Å². The van der Waals surface area contributed by atoms with Gasteiger partial charge in [0.05, 0.1) is 18.2 Å². The van der Waals surface area contributed by atoms with Crippen LogP contribution >= 0.6 is 11.6 Å². The second-order valence-corrected chi connectivity index (χ2v) is 4.86. The number of nitrogens with zero attached hydrogens (tertiary/aromatic N) is 5. The first-order valence-corrected chi connectivity index (χ1v) is 6.66. The van der Waals surface area contributed by atoms with E-state index >= 15 is 0 Å². The van der Waals surface area contributed by atoms with Crippen LogP contribution in [0.15, 0.2) is 48.5 Å². The Morgan fingerprint density at radius 3 is 2.62 bits per heavy atom. The Hall–Kier alpha value is -2.71. The lowest BCUT2D eigenvalue weighted by Gasteiger charge is -1.99. The molecular formula is C15H10ClN5. The molecule has 102 valence electrons. The van der Waals surface area contributed by atoms with Crippen LogP contribution in [-0.2, 0) is 6.54 Å². The van der Waals surface area contributed by atoms with Crippen LogP contribution in [0.25, 0.3) is 11.4 Å². The summed E-state index contributed by atoms with van der Waals surface area (Å²) >= 11 is 5.85. The van der Waals surface area contributed by atoms with Crippen molar-refractivity contribution in [1.29, 1.82) is 5.26 Å². The van der Waals surface area contributed by atoms with Crippen molar-refractivity contribution in [3.05, 3.63) is 64.7 Å². The van der Waals surface area contributed by atoms with Gasteiger partial charge in [-0.05, 0) is 35.0 Å². The van der Waals surface area contributed by atoms with E-state index in [2.05, 4.69) is 21.5 Å². The third kappa shape index (κ3) is 2.91. The van der Waals surface area contributed by atoms with Crippen LogP contribution in [0.4, 0.5) is 0 Å². The zero-order valence-corrected chi connectivity index (χ0v) is 11.7. The minimum absolute atomic E-state index is 0.445. The Morgan fingerprint density at radius 1 is 1.10 bits per heavy atom. The van der Waals surface area contributed by atoms with Crippen molar-refractivity contribution in [3.8, 4) is 17.5 Å². The molecule has 0 saturated carbocycles. The molecule has 6 heteroatoms. The summed E-state index contributed by atoms with van der Waals surface area (Å²) in [5.41, 5.74) is 2.24. The Morgan fingerprint density at radius 2 is 1.86 bits per heavy atom. The summed E-state index contributed by atoms with van der Waals surface area (Å²) in [5, 5.41) is 22.1. The third-order valence-corrected chi connectivity index (χ3v) is 3.23. The molecule has 21 heavy (non-hydrogen) atoms. The van der Waals surface area contributed by atoms with Gasteiger partial charge < -0.3 is 0 Å². The van der Waals surface area contributed by atoms with Gasteiger partial charge in [0.1, 0.15) is 0 Å². The van der Waals surface area contributed by atoms with Crippen molar-refractivity contribution in [1.82, 2.24) is 20.2 Å². The molecule has 3 rings (SSSR count). The van der Waals surface area contributed by atoms with Crippen LogP contribution in [0.2, 0.25) is 5.02 Å². The quantitative estimate of drug-likeness (QED) is 0.745. The maximum Gasteiger partial charge on any atom is 0.206 e. The molecule has 0 aliphatic carbocycles. The van der Waals surface area contributed by atoms with Crippen LogP contribution in [0.5, 0.6) is 0 Å². The molecule has 2 aromatic carbocycles. The minimum Gasteiger partial charge on any atom is -0.192 e. The van der Waals surface area contributed by atoms with Crippen LogP contribution in [0, 0.1) is 11.3 Å². The Bertz CT molecular complexity index is 801. The number of halogens is 1. The fourth-order valence-electron chi connectivity index (χ4n) is 1.95. The standard InChI is InChI=1S/C15H10ClN5/c16-13-7-5-11(6-8-13)10-21-19-15(18-20-21)14-4-2-1-3-12(14)9-17/h1-8H,10H2. The van der Waals surface area contributed by atoms with E-state index in [9.17, 15) is 0 Å². The van der Waals surface area contributed by atoms with Gasteiger partial charge in [0, 0.05) is 10.6 Å². The maximum atomic E-state index is 9.10. The average Bonchev–Trinajstić information content (AvgIpc) is 2.98. The van der Waals surface area contributed by atoms with Crippen molar-refractivity contribution in [3.63, 3.8) is 0 Å². The van der Waals surface area contributed by atoms with E-state index in [0.29, 0.717) is 28.5 Å². The zero-order valence-electron chi connectivity index (χ0n) is 10.9. The summed E-state index contributed by atoms with van der Waals surface area (Å²) < 4.78 is 0. The van der Waals surface area contributed by atoms with Gasteiger partial charge in [0.2, 0.25) is 5.82 Å². The van der Waals surface area contributed by atoms with Gasteiger partial charge in [-0.25, -0.2) is 0 Å². The SMILES string of the molecule is N#Cc1ccccc1-c1nnn(Cc2ccc(Cl)cc2)n1. The van der Waals surface area contributed by atoms with Crippen LogP contribution in [-0.4, -0.2) is 20.2 Å². The predicted octanol–water partition coefficient (Wildman–Crippen LogP) is 2.91. The lowest BCUT2D eigenvalue weighted by Crippen LogP contribution is -2.03. The monoisotopic (exact) mass is 295 g/mol. The smallest absolute Gasteiger partial charge is 0.192 e. The molecule has 0 bridgehead atoms. The first kappa shape index (κ1) is 13.3. The van der Waals surface area contributed by atoms with Gasteiger partial charge in [0.25, 0.3) is 0 Å². The second kappa shape index (κ2) is 5.73. The van der Waals surface area contributed by atoms with Gasteiger partial charge in [-0.1, -0.05) is 35.9 Å². The molecule has 1 aromatic heterocycles. The molecule has 0 atom stereocenters. The molecule has 5 nitrogen and oxygen atoms in total. The molecule has 0 N–H and O–H groups in total. The fraction of sp³-hybridized carbons (Fsp3) is 0.0667. The Balaban J connectivity index is 1.87. The largest absolute Gasteiger partial charge is 0.206 e. The van der Waals surface area contributed by atoms with Gasteiger partial charge in [-0.2, -0.15) is 10.1 Å². The highest BCUT2D eigenvalue weighted by Gasteiger charge is 2.10. The lowest BCUT2D eigenvalue weighted by molar-refractivity contribution is 0.573. The lowest BCUT2D eigenvalue weighted by atomic mass is 10.1. The molecule has 0 fully saturated rings. The third-order valence-electron chi connectivity index (χ3n) is 2.98. The molecular weight excluding hydrogens is 286 g/mol. The van der Waals surface area contributed by atoms with E-state index in [-0.39, 0.29) is 0 Å². The van der Waals surface area contributed by atoms with Crippen molar-refractivity contribution in [2.75, 3.05) is 0 Å². The molecule has 0 amide bonds. The van der Waals surface area contributed by atoms with Crippen molar-refractivity contribution < 1.29 is 0 Å². The number of nitriles is 1. The van der Waals surface area contributed by atoms with Gasteiger partial charge >= 0.3 is 0 Å². The Labute approximate surface area is 126 Å². The van der Waals surface area contributed by atoms with E-state index in [1.807, 2.05) is 36.4 Å². The summed E-state index contributed by atoms with van der Waals surface area (Å²) in [5.74, 6) is 0.445. The van der Waals surface area contributed by atoms with E-state index in [4.69, 9.17) is 16.9 Å². The molecule has 0 saturated heterocycles. The maximum absolute atomic E-state index is 9.10. The summed E-state index contributed by atoms with van der Waals surface area (Å²) in [4.78, 5) is 1.49. The summed E-state index contributed by atoms with van der Waals surface area (Å²) in [6, 6.07) is 16.8. The molecule has 0 unspecified atom stereocenters. The van der Waals surface area contributed by atoms with E-state index in [1.54, 1.807) is 12.1 Å². The predicted molar refractivity (Wildman–Crippen MR) is 78.5 cm³/mol. The summed E-state index contributed by atoms with van der Waals surface area (Å²) in [6.45, 7) is 0.499. The minimum atomic E-state index is 0.445. The first-order valence-electron chi connectivity index (χ1n) is 6.28. The second-order valence-electron chi connectivity index (χ2n) is 4.43. The van der Waals surface area contributed by atoms with Crippen LogP contribution in [0.3, 0.4) is 0 Å². The number of rotatable bonds is 3. The molecule has 1 heterocycles. The topological polar surface area (TPSA) is 67.4 Å². The van der Waals surface area contributed by atoms with Crippen LogP contribution in [0.1, 0.15) is 11.1 Å². The van der Waals surface area contributed by atoms with Crippen molar-refractivity contribution in [2.24, 2.45) is 0 Å². The fourth-order valence-corrected chi connectivity index (χ4v) is 2.07. The van der Waals surface area contributed by atoms with Gasteiger partial charge in [-0.3, -0.25) is 0 Å². The highest BCUT2D eigenvalue weighted by Crippen LogP contribution is 2.18. The molecule has 0 aliphatic rings. The molecule has 0 radical (unpaired) electrons. The van der Waals surface area contributed by atoms with Crippen LogP contribution < -0.4 is 0 Å². The molecule has 0 spiro atoms.